The third-order valence-electron chi connectivity index (χ3n) is 3.76. The monoisotopic (exact) mass is 301 g/mol. The van der Waals surface area contributed by atoms with E-state index >= 15 is 0 Å². The van der Waals surface area contributed by atoms with Gasteiger partial charge in [-0.1, -0.05) is 42.8 Å². The maximum Gasteiger partial charge on any atom is 0.133 e. The Hall–Kier alpha value is -1.51. The van der Waals surface area contributed by atoms with E-state index in [2.05, 4.69) is 18.3 Å². The predicted octanol–water partition coefficient (Wildman–Crippen LogP) is 4.95. The zero-order valence-electron chi connectivity index (χ0n) is 12.2. The summed E-state index contributed by atoms with van der Waals surface area (Å²) < 4.78 is 6.14. The van der Waals surface area contributed by atoms with Crippen LogP contribution in [-0.4, -0.2) is 6.04 Å². The molecule has 0 radical (unpaired) electrons. The van der Waals surface area contributed by atoms with Crippen molar-refractivity contribution in [3.05, 3.63) is 58.6 Å². The van der Waals surface area contributed by atoms with Crippen molar-refractivity contribution in [2.75, 3.05) is 0 Å². The van der Waals surface area contributed by atoms with Crippen LogP contribution in [0.1, 0.15) is 30.9 Å². The molecule has 0 atom stereocenters. The van der Waals surface area contributed by atoms with E-state index in [1.54, 1.807) is 0 Å². The van der Waals surface area contributed by atoms with Crippen molar-refractivity contribution in [3.8, 4) is 11.5 Å². The Morgan fingerprint density at radius 3 is 2.67 bits per heavy atom. The van der Waals surface area contributed by atoms with Gasteiger partial charge in [-0.05, 0) is 43.0 Å². The van der Waals surface area contributed by atoms with Crippen molar-refractivity contribution in [2.45, 2.75) is 38.8 Å². The second-order valence-corrected chi connectivity index (χ2v) is 5.91. The second-order valence-electron chi connectivity index (χ2n) is 5.47. The standard InChI is InChI=1S/C18H20ClNO/c1-2-13-5-3-4-6-17(13)21-18-11-15(19)8-7-14(18)12-20-16-9-10-16/h3-8,11,16,20H,2,9-10,12H2,1H3. The quantitative estimate of drug-likeness (QED) is 0.815. The van der Waals surface area contributed by atoms with Gasteiger partial charge in [-0.3, -0.25) is 0 Å². The number of hydrogen-bond acceptors (Lipinski definition) is 2. The number of halogens is 1. The van der Waals surface area contributed by atoms with Crippen LogP contribution >= 0.6 is 11.6 Å². The van der Waals surface area contributed by atoms with Crippen LogP contribution in [0.3, 0.4) is 0 Å². The number of benzene rings is 2. The molecule has 1 aliphatic carbocycles. The maximum atomic E-state index is 6.14. The van der Waals surface area contributed by atoms with Crippen LogP contribution in [0.5, 0.6) is 11.5 Å². The number of ether oxygens (including phenoxy) is 1. The van der Waals surface area contributed by atoms with Crippen LogP contribution in [0.25, 0.3) is 0 Å². The summed E-state index contributed by atoms with van der Waals surface area (Å²) in [6.07, 6.45) is 3.51. The average Bonchev–Trinajstić information content (AvgIpc) is 3.31. The van der Waals surface area contributed by atoms with Crippen molar-refractivity contribution >= 4 is 11.6 Å². The van der Waals surface area contributed by atoms with Gasteiger partial charge in [0.2, 0.25) is 0 Å². The van der Waals surface area contributed by atoms with Crippen LogP contribution in [0.15, 0.2) is 42.5 Å². The zero-order valence-corrected chi connectivity index (χ0v) is 13.0. The number of para-hydroxylation sites is 1. The molecule has 0 aromatic heterocycles. The van der Waals surface area contributed by atoms with Gasteiger partial charge < -0.3 is 10.1 Å². The fraction of sp³-hybridized carbons (Fsp3) is 0.333. The van der Waals surface area contributed by atoms with Gasteiger partial charge in [0.15, 0.2) is 0 Å². The highest BCUT2D eigenvalue weighted by Gasteiger charge is 2.20. The highest BCUT2D eigenvalue weighted by atomic mass is 35.5. The lowest BCUT2D eigenvalue weighted by atomic mass is 10.1. The molecule has 3 heteroatoms. The third-order valence-corrected chi connectivity index (χ3v) is 4.00. The Balaban J connectivity index is 1.83. The minimum atomic E-state index is 0.677. The SMILES string of the molecule is CCc1ccccc1Oc1cc(Cl)ccc1CNC1CC1. The molecule has 0 aliphatic heterocycles. The van der Waals surface area contributed by atoms with E-state index in [4.69, 9.17) is 16.3 Å². The van der Waals surface area contributed by atoms with Crippen LogP contribution < -0.4 is 10.1 Å². The summed E-state index contributed by atoms with van der Waals surface area (Å²) in [5.74, 6) is 1.76. The first-order chi connectivity index (χ1) is 10.3. The fourth-order valence-electron chi connectivity index (χ4n) is 2.33. The van der Waals surface area contributed by atoms with Gasteiger partial charge in [0.05, 0.1) is 0 Å². The topological polar surface area (TPSA) is 21.3 Å². The fourth-order valence-corrected chi connectivity index (χ4v) is 2.49. The molecular formula is C18H20ClNO. The van der Waals surface area contributed by atoms with Gasteiger partial charge in [-0.25, -0.2) is 0 Å². The summed E-state index contributed by atoms with van der Waals surface area (Å²) in [6.45, 7) is 2.96. The average molecular weight is 302 g/mol. The van der Waals surface area contributed by atoms with Gasteiger partial charge in [-0.2, -0.15) is 0 Å². The number of aryl methyl sites for hydroxylation is 1. The van der Waals surface area contributed by atoms with Crippen molar-refractivity contribution in [1.82, 2.24) is 5.32 Å². The van der Waals surface area contributed by atoms with Gasteiger partial charge in [0.25, 0.3) is 0 Å². The van der Waals surface area contributed by atoms with E-state index in [1.165, 1.54) is 18.4 Å². The van der Waals surface area contributed by atoms with E-state index in [-0.39, 0.29) is 0 Å². The summed E-state index contributed by atoms with van der Waals surface area (Å²) in [7, 11) is 0. The summed E-state index contributed by atoms with van der Waals surface area (Å²) in [4.78, 5) is 0. The molecule has 2 aromatic rings. The minimum absolute atomic E-state index is 0.677. The molecule has 0 bridgehead atoms. The molecule has 1 fully saturated rings. The van der Waals surface area contributed by atoms with E-state index in [1.807, 2.05) is 36.4 Å². The first-order valence-corrected chi connectivity index (χ1v) is 7.91. The lowest BCUT2D eigenvalue weighted by Crippen LogP contribution is -2.15. The third kappa shape index (κ3) is 3.78. The van der Waals surface area contributed by atoms with E-state index in [0.29, 0.717) is 11.1 Å². The summed E-state index contributed by atoms with van der Waals surface area (Å²) in [6, 6.07) is 14.7. The second kappa shape index (κ2) is 6.50. The molecule has 110 valence electrons. The van der Waals surface area contributed by atoms with Crippen LogP contribution in [-0.2, 0) is 13.0 Å². The first-order valence-electron chi connectivity index (χ1n) is 7.54. The molecule has 21 heavy (non-hydrogen) atoms. The van der Waals surface area contributed by atoms with Crippen molar-refractivity contribution in [1.29, 1.82) is 0 Å². The first kappa shape index (κ1) is 14.4. The largest absolute Gasteiger partial charge is 0.457 e. The number of rotatable bonds is 6. The van der Waals surface area contributed by atoms with Crippen molar-refractivity contribution in [2.24, 2.45) is 0 Å². The van der Waals surface area contributed by atoms with Crippen LogP contribution in [0.4, 0.5) is 0 Å². The predicted molar refractivity (Wildman–Crippen MR) is 87.2 cm³/mol. The van der Waals surface area contributed by atoms with Gasteiger partial charge in [0, 0.05) is 23.2 Å². The molecule has 0 spiro atoms. The molecule has 3 rings (SSSR count). The van der Waals surface area contributed by atoms with E-state index < -0.39 is 0 Å². The summed E-state index contributed by atoms with van der Waals surface area (Å²) in [5.41, 5.74) is 2.36. The molecular weight excluding hydrogens is 282 g/mol. The maximum absolute atomic E-state index is 6.14. The normalized spacial score (nSPS) is 14.2. The molecule has 0 amide bonds. The highest BCUT2D eigenvalue weighted by Crippen LogP contribution is 2.31. The van der Waals surface area contributed by atoms with Crippen molar-refractivity contribution < 1.29 is 4.74 Å². The van der Waals surface area contributed by atoms with E-state index in [9.17, 15) is 0 Å². The lowest BCUT2D eigenvalue weighted by Gasteiger charge is -2.14. The molecule has 0 heterocycles. The molecule has 1 saturated carbocycles. The lowest BCUT2D eigenvalue weighted by molar-refractivity contribution is 0.467. The smallest absolute Gasteiger partial charge is 0.133 e. The molecule has 2 nitrogen and oxygen atoms in total. The zero-order chi connectivity index (χ0) is 14.7. The van der Waals surface area contributed by atoms with Gasteiger partial charge >= 0.3 is 0 Å². The van der Waals surface area contributed by atoms with E-state index in [0.717, 1.165) is 30.0 Å². The van der Waals surface area contributed by atoms with Crippen LogP contribution in [0, 0.1) is 0 Å². The van der Waals surface area contributed by atoms with Gasteiger partial charge in [0.1, 0.15) is 11.5 Å². The van der Waals surface area contributed by atoms with Gasteiger partial charge in [-0.15, -0.1) is 0 Å². The summed E-state index contributed by atoms with van der Waals surface area (Å²) >= 11 is 6.13. The highest BCUT2D eigenvalue weighted by molar-refractivity contribution is 6.30. The molecule has 1 N–H and O–H groups in total. The Bertz CT molecular complexity index is 622. The molecule has 0 saturated heterocycles. The number of hydrogen-bond donors (Lipinski definition) is 1. The Labute approximate surface area is 131 Å². The molecule has 2 aromatic carbocycles. The Morgan fingerprint density at radius 2 is 1.90 bits per heavy atom. The Kier molecular flexibility index (Phi) is 4.47. The molecule has 0 unspecified atom stereocenters. The summed E-state index contributed by atoms with van der Waals surface area (Å²) in [5, 5.41) is 4.23. The number of nitrogens with one attached hydrogen (secondary N) is 1. The minimum Gasteiger partial charge on any atom is -0.457 e. The van der Waals surface area contributed by atoms with Crippen LogP contribution in [0.2, 0.25) is 5.02 Å². The Morgan fingerprint density at radius 1 is 1.10 bits per heavy atom. The van der Waals surface area contributed by atoms with Crippen molar-refractivity contribution in [3.63, 3.8) is 0 Å². The molecule has 1 aliphatic rings.